The quantitative estimate of drug-likeness (QED) is 0.608. The third-order valence-corrected chi connectivity index (χ3v) is 4.39. The number of hydrogen-bond acceptors (Lipinski definition) is 2. The second-order valence-electron chi connectivity index (χ2n) is 4.89. The summed E-state index contributed by atoms with van der Waals surface area (Å²) in [6.07, 6.45) is 5.19. The number of rotatable bonds is 2. The molecule has 2 heteroatoms. The van der Waals surface area contributed by atoms with Crippen molar-refractivity contribution >= 4 is 11.9 Å². The van der Waals surface area contributed by atoms with Crippen LogP contribution in [0.2, 0.25) is 0 Å². The molecule has 12 heavy (non-hydrogen) atoms. The Morgan fingerprint density at radius 2 is 1.92 bits per heavy atom. The van der Waals surface area contributed by atoms with Crippen LogP contribution in [-0.2, 0) is 0 Å². The number of nitrogens with zero attached hydrogens (tertiary/aromatic N) is 1. The third-order valence-electron chi connectivity index (χ3n) is 3.61. The topological polar surface area (TPSA) is 3.24 Å². The van der Waals surface area contributed by atoms with E-state index < -0.39 is 0 Å². The Morgan fingerprint density at radius 1 is 1.33 bits per heavy atom. The molecule has 0 aromatic carbocycles. The smallest absolute Gasteiger partial charge is 0.0159 e. The fourth-order valence-corrected chi connectivity index (χ4v) is 3.42. The zero-order valence-corrected chi connectivity index (χ0v) is 9.16. The van der Waals surface area contributed by atoms with E-state index in [1.54, 1.807) is 0 Å². The van der Waals surface area contributed by atoms with E-state index in [9.17, 15) is 0 Å². The van der Waals surface area contributed by atoms with E-state index in [1.165, 1.54) is 25.9 Å². The van der Waals surface area contributed by atoms with Gasteiger partial charge in [-0.05, 0) is 36.3 Å². The van der Waals surface area contributed by atoms with Gasteiger partial charge in [-0.15, -0.1) is 0 Å². The van der Waals surface area contributed by atoms with Crippen molar-refractivity contribution in [3.63, 3.8) is 0 Å². The van der Waals surface area contributed by atoms with Crippen molar-refractivity contribution in [3.05, 3.63) is 0 Å². The Kier molecular flexibility index (Phi) is 2.16. The summed E-state index contributed by atoms with van der Waals surface area (Å²) < 4.78 is 2.48. The van der Waals surface area contributed by atoms with E-state index in [2.05, 4.69) is 24.4 Å². The lowest BCUT2D eigenvalue weighted by Gasteiger charge is -2.59. The number of hydrogen-bond donors (Lipinski definition) is 0. The third kappa shape index (κ3) is 1.29. The highest BCUT2D eigenvalue weighted by molar-refractivity contribution is 7.96. The Balaban J connectivity index is 1.75. The lowest BCUT2D eigenvalue weighted by Crippen LogP contribution is -2.60. The molecule has 1 spiro atoms. The summed E-state index contributed by atoms with van der Waals surface area (Å²) in [7, 11) is 0. The van der Waals surface area contributed by atoms with Crippen LogP contribution in [0.5, 0.6) is 0 Å². The first-order valence-corrected chi connectivity index (χ1v) is 6.12. The van der Waals surface area contributed by atoms with Gasteiger partial charge >= 0.3 is 0 Å². The van der Waals surface area contributed by atoms with E-state index in [0.29, 0.717) is 0 Å². The Bertz CT molecular complexity index is 165. The van der Waals surface area contributed by atoms with Gasteiger partial charge in [0.2, 0.25) is 0 Å². The molecule has 0 aromatic rings. The molecule has 0 N–H and O–H groups in total. The van der Waals surface area contributed by atoms with Crippen molar-refractivity contribution in [1.29, 1.82) is 0 Å². The Labute approximate surface area is 80.0 Å². The Morgan fingerprint density at radius 3 is 2.33 bits per heavy atom. The maximum Gasteiger partial charge on any atom is 0.0159 e. The molecule has 1 nitrogen and oxygen atoms in total. The molecule has 70 valence electrons. The van der Waals surface area contributed by atoms with Gasteiger partial charge in [-0.1, -0.05) is 25.8 Å². The van der Waals surface area contributed by atoms with Gasteiger partial charge in [0.15, 0.2) is 0 Å². The summed E-state index contributed by atoms with van der Waals surface area (Å²) >= 11 is 1.91. The predicted octanol–water partition coefficient (Wildman–Crippen LogP) is 2.63. The molecule has 2 aliphatic rings. The summed E-state index contributed by atoms with van der Waals surface area (Å²) in [6, 6.07) is 0. The SMILES string of the molecule is CSN1CC2(CC(C(C)C)C2)C1. The largest absolute Gasteiger partial charge is 0.250 e. The summed E-state index contributed by atoms with van der Waals surface area (Å²) in [5.74, 6) is 1.95. The highest BCUT2D eigenvalue weighted by Gasteiger charge is 2.52. The standard InChI is InChI=1S/C10H19NS/c1-8(2)9-4-10(5-9)6-11(7-10)12-3/h8-9H,4-7H2,1-3H3. The first-order valence-electron chi connectivity index (χ1n) is 4.94. The van der Waals surface area contributed by atoms with Crippen molar-refractivity contribution in [2.24, 2.45) is 17.3 Å². The van der Waals surface area contributed by atoms with Crippen molar-refractivity contribution in [2.45, 2.75) is 26.7 Å². The van der Waals surface area contributed by atoms with Crippen molar-refractivity contribution in [1.82, 2.24) is 4.31 Å². The van der Waals surface area contributed by atoms with E-state index in [4.69, 9.17) is 0 Å². The molecule has 1 aliphatic carbocycles. The van der Waals surface area contributed by atoms with Gasteiger partial charge in [-0.25, -0.2) is 4.31 Å². The molecule has 0 radical (unpaired) electrons. The average molecular weight is 185 g/mol. The van der Waals surface area contributed by atoms with Crippen LogP contribution in [0.1, 0.15) is 26.7 Å². The minimum Gasteiger partial charge on any atom is -0.250 e. The van der Waals surface area contributed by atoms with E-state index in [1.807, 2.05) is 11.9 Å². The molecule has 2 rings (SSSR count). The van der Waals surface area contributed by atoms with Gasteiger partial charge in [0.25, 0.3) is 0 Å². The summed E-state index contributed by atoms with van der Waals surface area (Å²) in [4.78, 5) is 0. The lowest BCUT2D eigenvalue weighted by molar-refractivity contribution is -0.0635. The molecule has 1 saturated heterocycles. The zero-order valence-electron chi connectivity index (χ0n) is 8.34. The normalized spacial score (nSPS) is 29.0. The van der Waals surface area contributed by atoms with Crippen LogP contribution >= 0.6 is 11.9 Å². The van der Waals surface area contributed by atoms with Gasteiger partial charge in [-0.3, -0.25) is 0 Å². The van der Waals surface area contributed by atoms with Crippen molar-refractivity contribution in [3.8, 4) is 0 Å². The van der Waals surface area contributed by atoms with Crippen LogP contribution in [0, 0.1) is 17.3 Å². The summed E-state index contributed by atoms with van der Waals surface area (Å²) in [6.45, 7) is 7.44. The summed E-state index contributed by atoms with van der Waals surface area (Å²) in [5.41, 5.74) is 0.776. The highest BCUT2D eigenvalue weighted by atomic mass is 32.2. The molecule has 1 aliphatic heterocycles. The van der Waals surface area contributed by atoms with Crippen LogP contribution < -0.4 is 0 Å². The minimum absolute atomic E-state index is 0.776. The fraction of sp³-hybridized carbons (Fsp3) is 1.00. The van der Waals surface area contributed by atoms with Crippen LogP contribution in [-0.4, -0.2) is 23.7 Å². The average Bonchev–Trinajstić information content (AvgIpc) is 1.81. The molecule has 0 unspecified atom stereocenters. The van der Waals surface area contributed by atoms with Crippen molar-refractivity contribution in [2.75, 3.05) is 19.3 Å². The molecule has 1 saturated carbocycles. The van der Waals surface area contributed by atoms with Crippen LogP contribution in [0.25, 0.3) is 0 Å². The van der Waals surface area contributed by atoms with Gasteiger partial charge in [0.05, 0.1) is 0 Å². The second kappa shape index (κ2) is 2.91. The van der Waals surface area contributed by atoms with Gasteiger partial charge in [0.1, 0.15) is 0 Å². The maximum atomic E-state index is 2.48. The fourth-order valence-electron chi connectivity index (χ4n) is 2.61. The summed E-state index contributed by atoms with van der Waals surface area (Å²) in [5, 5.41) is 0. The van der Waals surface area contributed by atoms with Crippen LogP contribution in [0.4, 0.5) is 0 Å². The van der Waals surface area contributed by atoms with E-state index in [0.717, 1.165) is 17.3 Å². The minimum atomic E-state index is 0.776. The van der Waals surface area contributed by atoms with Gasteiger partial charge in [0, 0.05) is 13.1 Å². The van der Waals surface area contributed by atoms with Crippen LogP contribution in [0.3, 0.4) is 0 Å². The molecular formula is C10H19NS. The molecular weight excluding hydrogens is 166 g/mol. The monoisotopic (exact) mass is 185 g/mol. The molecule has 1 heterocycles. The molecule has 0 aromatic heterocycles. The first-order chi connectivity index (χ1) is 5.65. The molecule has 0 bridgehead atoms. The first kappa shape index (κ1) is 8.89. The second-order valence-corrected chi connectivity index (χ2v) is 5.77. The Hall–Kier alpha value is 0.310. The lowest BCUT2D eigenvalue weighted by atomic mass is 9.56. The maximum absolute atomic E-state index is 2.48. The zero-order chi connectivity index (χ0) is 8.77. The van der Waals surface area contributed by atoms with Gasteiger partial charge < -0.3 is 0 Å². The predicted molar refractivity (Wildman–Crippen MR) is 55.1 cm³/mol. The van der Waals surface area contributed by atoms with E-state index in [-0.39, 0.29) is 0 Å². The highest BCUT2D eigenvalue weighted by Crippen LogP contribution is 2.55. The molecule has 2 fully saturated rings. The van der Waals surface area contributed by atoms with E-state index >= 15 is 0 Å². The van der Waals surface area contributed by atoms with Crippen molar-refractivity contribution < 1.29 is 0 Å². The van der Waals surface area contributed by atoms with Crippen LogP contribution in [0.15, 0.2) is 0 Å². The molecule has 0 atom stereocenters. The van der Waals surface area contributed by atoms with Gasteiger partial charge in [-0.2, -0.15) is 0 Å². The molecule has 0 amide bonds.